The molecule has 0 unspecified atom stereocenters. The summed E-state index contributed by atoms with van der Waals surface area (Å²) in [4.78, 5) is 0. The van der Waals surface area contributed by atoms with Crippen LogP contribution >= 0.6 is 0 Å². The van der Waals surface area contributed by atoms with Gasteiger partial charge in [0, 0.05) is 18.2 Å². The van der Waals surface area contributed by atoms with E-state index in [0.29, 0.717) is 19.8 Å². The lowest BCUT2D eigenvalue weighted by atomic mass is 10.1. The van der Waals surface area contributed by atoms with E-state index < -0.39 is 0 Å². The molecule has 2 rings (SSSR count). The molecule has 0 fully saturated rings. The average Bonchev–Trinajstić information content (AvgIpc) is 2.35. The molecule has 1 aromatic rings. The SMILES string of the molecule is C[C@@H](CO)NCc1cccc2c1OCCO2. The molecule has 0 spiro atoms. The third kappa shape index (κ3) is 2.46. The van der Waals surface area contributed by atoms with Crippen molar-refractivity contribution in [2.24, 2.45) is 0 Å². The number of ether oxygens (including phenoxy) is 2. The van der Waals surface area contributed by atoms with E-state index in [2.05, 4.69) is 5.32 Å². The van der Waals surface area contributed by atoms with Gasteiger partial charge < -0.3 is 19.9 Å². The zero-order chi connectivity index (χ0) is 11.4. The van der Waals surface area contributed by atoms with Crippen LogP contribution in [0.25, 0.3) is 0 Å². The smallest absolute Gasteiger partial charge is 0.165 e. The van der Waals surface area contributed by atoms with Crippen molar-refractivity contribution >= 4 is 0 Å². The summed E-state index contributed by atoms with van der Waals surface area (Å²) in [6.07, 6.45) is 0. The summed E-state index contributed by atoms with van der Waals surface area (Å²) in [7, 11) is 0. The van der Waals surface area contributed by atoms with Gasteiger partial charge in [0.05, 0.1) is 6.61 Å². The number of para-hydroxylation sites is 1. The van der Waals surface area contributed by atoms with Crippen LogP contribution in [0.5, 0.6) is 11.5 Å². The Kier molecular flexibility index (Phi) is 3.64. The predicted molar refractivity (Wildman–Crippen MR) is 60.8 cm³/mol. The van der Waals surface area contributed by atoms with E-state index in [-0.39, 0.29) is 12.6 Å². The Bertz CT molecular complexity index is 354. The molecule has 1 aromatic carbocycles. The molecule has 0 amide bonds. The fourth-order valence-corrected chi connectivity index (χ4v) is 1.62. The maximum absolute atomic E-state index is 8.93. The number of hydrogen-bond donors (Lipinski definition) is 2. The average molecular weight is 223 g/mol. The number of rotatable bonds is 4. The van der Waals surface area contributed by atoms with Crippen LogP contribution in [-0.2, 0) is 6.54 Å². The second kappa shape index (κ2) is 5.18. The summed E-state index contributed by atoms with van der Waals surface area (Å²) in [5, 5.41) is 12.1. The van der Waals surface area contributed by atoms with E-state index in [0.717, 1.165) is 17.1 Å². The van der Waals surface area contributed by atoms with Gasteiger partial charge in [-0.05, 0) is 13.0 Å². The molecule has 0 aliphatic carbocycles. The Morgan fingerprint density at radius 2 is 2.19 bits per heavy atom. The van der Waals surface area contributed by atoms with Crippen molar-refractivity contribution in [1.29, 1.82) is 0 Å². The van der Waals surface area contributed by atoms with Crippen molar-refractivity contribution in [1.82, 2.24) is 5.32 Å². The van der Waals surface area contributed by atoms with Crippen molar-refractivity contribution < 1.29 is 14.6 Å². The number of aliphatic hydroxyl groups is 1. The summed E-state index contributed by atoms with van der Waals surface area (Å²) in [5.74, 6) is 1.63. The number of hydrogen-bond acceptors (Lipinski definition) is 4. The van der Waals surface area contributed by atoms with E-state index in [1.807, 2.05) is 25.1 Å². The van der Waals surface area contributed by atoms with Gasteiger partial charge in [-0.3, -0.25) is 0 Å². The van der Waals surface area contributed by atoms with Crippen molar-refractivity contribution in [2.75, 3.05) is 19.8 Å². The third-order valence-electron chi connectivity index (χ3n) is 2.56. The minimum atomic E-state index is 0.0837. The Morgan fingerprint density at radius 3 is 3.00 bits per heavy atom. The molecule has 1 atom stereocenters. The summed E-state index contributed by atoms with van der Waals surface area (Å²) in [6, 6.07) is 5.95. The number of nitrogens with one attached hydrogen (secondary N) is 1. The Balaban J connectivity index is 2.08. The molecule has 0 bridgehead atoms. The zero-order valence-corrected chi connectivity index (χ0v) is 9.40. The van der Waals surface area contributed by atoms with Crippen LogP contribution in [0.3, 0.4) is 0 Å². The van der Waals surface area contributed by atoms with Gasteiger partial charge >= 0.3 is 0 Å². The highest BCUT2D eigenvalue weighted by atomic mass is 16.6. The number of aliphatic hydroxyl groups excluding tert-OH is 1. The highest BCUT2D eigenvalue weighted by Crippen LogP contribution is 2.33. The van der Waals surface area contributed by atoms with Crippen LogP contribution in [0.2, 0.25) is 0 Å². The highest BCUT2D eigenvalue weighted by molar-refractivity contribution is 5.47. The van der Waals surface area contributed by atoms with Gasteiger partial charge in [-0.25, -0.2) is 0 Å². The van der Waals surface area contributed by atoms with Crippen LogP contribution in [-0.4, -0.2) is 31.0 Å². The van der Waals surface area contributed by atoms with E-state index in [1.165, 1.54) is 0 Å². The second-order valence-electron chi connectivity index (χ2n) is 3.91. The van der Waals surface area contributed by atoms with E-state index in [4.69, 9.17) is 14.6 Å². The van der Waals surface area contributed by atoms with Crippen LogP contribution in [0.1, 0.15) is 12.5 Å². The Morgan fingerprint density at radius 1 is 1.38 bits per heavy atom. The molecule has 0 aromatic heterocycles. The van der Waals surface area contributed by atoms with Gasteiger partial charge in [0.2, 0.25) is 0 Å². The molecule has 4 heteroatoms. The van der Waals surface area contributed by atoms with Gasteiger partial charge in [0.1, 0.15) is 13.2 Å². The molecule has 88 valence electrons. The van der Waals surface area contributed by atoms with Crippen molar-refractivity contribution in [3.05, 3.63) is 23.8 Å². The van der Waals surface area contributed by atoms with Crippen molar-refractivity contribution in [3.8, 4) is 11.5 Å². The minimum absolute atomic E-state index is 0.0837. The van der Waals surface area contributed by atoms with E-state index in [9.17, 15) is 0 Å². The number of fused-ring (bicyclic) bond motifs is 1. The monoisotopic (exact) mass is 223 g/mol. The largest absolute Gasteiger partial charge is 0.486 e. The molecular weight excluding hydrogens is 206 g/mol. The second-order valence-corrected chi connectivity index (χ2v) is 3.91. The molecule has 0 radical (unpaired) electrons. The molecule has 0 saturated carbocycles. The first-order valence-electron chi connectivity index (χ1n) is 5.53. The number of benzene rings is 1. The summed E-state index contributed by atoms with van der Waals surface area (Å²) in [5.41, 5.74) is 1.07. The van der Waals surface area contributed by atoms with Gasteiger partial charge in [0.15, 0.2) is 11.5 Å². The molecule has 0 saturated heterocycles. The lowest BCUT2D eigenvalue weighted by Crippen LogP contribution is -2.29. The predicted octanol–water partition coefficient (Wildman–Crippen LogP) is 0.928. The van der Waals surface area contributed by atoms with Crippen LogP contribution in [0.15, 0.2) is 18.2 Å². The first-order chi connectivity index (χ1) is 7.81. The van der Waals surface area contributed by atoms with Gasteiger partial charge in [0.25, 0.3) is 0 Å². The van der Waals surface area contributed by atoms with E-state index >= 15 is 0 Å². The zero-order valence-electron chi connectivity index (χ0n) is 9.40. The molecule has 1 aliphatic heterocycles. The lowest BCUT2D eigenvalue weighted by molar-refractivity contribution is 0.169. The first kappa shape index (κ1) is 11.2. The lowest BCUT2D eigenvalue weighted by Gasteiger charge is -2.21. The van der Waals surface area contributed by atoms with Gasteiger partial charge in [-0.2, -0.15) is 0 Å². The molecule has 1 aliphatic rings. The molecule has 16 heavy (non-hydrogen) atoms. The maximum Gasteiger partial charge on any atom is 0.165 e. The Hall–Kier alpha value is -1.26. The van der Waals surface area contributed by atoms with Crippen LogP contribution in [0.4, 0.5) is 0 Å². The van der Waals surface area contributed by atoms with Crippen LogP contribution < -0.4 is 14.8 Å². The minimum Gasteiger partial charge on any atom is -0.486 e. The molecule has 4 nitrogen and oxygen atoms in total. The molecule has 1 heterocycles. The first-order valence-corrected chi connectivity index (χ1v) is 5.53. The van der Waals surface area contributed by atoms with E-state index in [1.54, 1.807) is 0 Å². The highest BCUT2D eigenvalue weighted by Gasteiger charge is 2.15. The molecule has 2 N–H and O–H groups in total. The summed E-state index contributed by atoms with van der Waals surface area (Å²) >= 11 is 0. The molecular formula is C12H17NO3. The van der Waals surface area contributed by atoms with Crippen molar-refractivity contribution in [3.63, 3.8) is 0 Å². The fraction of sp³-hybridized carbons (Fsp3) is 0.500. The van der Waals surface area contributed by atoms with Gasteiger partial charge in [-0.15, -0.1) is 0 Å². The topological polar surface area (TPSA) is 50.7 Å². The van der Waals surface area contributed by atoms with Crippen LogP contribution in [0, 0.1) is 0 Å². The summed E-state index contributed by atoms with van der Waals surface area (Å²) in [6.45, 7) is 3.95. The Labute approximate surface area is 95.2 Å². The summed E-state index contributed by atoms with van der Waals surface area (Å²) < 4.78 is 11.1. The maximum atomic E-state index is 8.93. The fourth-order valence-electron chi connectivity index (χ4n) is 1.62. The normalized spacial score (nSPS) is 15.9. The third-order valence-corrected chi connectivity index (χ3v) is 2.56. The standard InChI is InChI=1S/C12H17NO3/c1-9(8-14)13-7-10-3-2-4-11-12(10)16-6-5-15-11/h2-4,9,13-14H,5-8H2,1H3/t9-/m0/s1. The van der Waals surface area contributed by atoms with Gasteiger partial charge in [-0.1, -0.05) is 12.1 Å². The van der Waals surface area contributed by atoms with Crippen molar-refractivity contribution in [2.45, 2.75) is 19.5 Å². The quantitative estimate of drug-likeness (QED) is 0.797.